The van der Waals surface area contributed by atoms with Crippen molar-refractivity contribution in [3.63, 3.8) is 0 Å². The summed E-state index contributed by atoms with van der Waals surface area (Å²) in [7, 11) is 0. The molecule has 0 saturated heterocycles. The number of carbonyl (C=O) groups excluding carboxylic acids is 2. The average molecular weight is 277 g/mol. The summed E-state index contributed by atoms with van der Waals surface area (Å²) in [6, 6.07) is 3.50. The van der Waals surface area contributed by atoms with Crippen LogP contribution in [0.4, 0.5) is 5.69 Å². The molecule has 1 aromatic carbocycles. The van der Waals surface area contributed by atoms with Crippen LogP contribution in [-0.2, 0) is 9.59 Å². The Kier molecular flexibility index (Phi) is 3.59. The van der Waals surface area contributed by atoms with Gasteiger partial charge >= 0.3 is 5.97 Å². The Hall–Kier alpha value is -2.21. The number of benzene rings is 1. The van der Waals surface area contributed by atoms with Gasteiger partial charge in [-0.3, -0.25) is 14.4 Å². The lowest BCUT2D eigenvalue weighted by Crippen LogP contribution is -2.37. The highest BCUT2D eigenvalue weighted by Gasteiger charge is 2.38. The van der Waals surface area contributed by atoms with Crippen LogP contribution in [0.3, 0.4) is 0 Å². The molecule has 0 bridgehead atoms. The van der Waals surface area contributed by atoms with Crippen LogP contribution in [0.2, 0.25) is 0 Å². The molecule has 1 aliphatic heterocycles. The molecule has 2 N–H and O–H groups in total. The van der Waals surface area contributed by atoms with Crippen molar-refractivity contribution in [2.45, 2.75) is 26.4 Å². The van der Waals surface area contributed by atoms with E-state index in [1.54, 1.807) is 19.1 Å². The van der Waals surface area contributed by atoms with Crippen LogP contribution >= 0.6 is 0 Å². The summed E-state index contributed by atoms with van der Waals surface area (Å²) in [6.07, 6.45) is -1.69. The van der Waals surface area contributed by atoms with Gasteiger partial charge in [-0.15, -0.1) is 0 Å². The summed E-state index contributed by atoms with van der Waals surface area (Å²) in [5, 5.41) is 18.3. The van der Waals surface area contributed by atoms with Crippen molar-refractivity contribution in [1.29, 1.82) is 0 Å². The number of rotatable bonds is 4. The summed E-state index contributed by atoms with van der Waals surface area (Å²) in [4.78, 5) is 35.6. The molecule has 6 nitrogen and oxygen atoms in total. The highest BCUT2D eigenvalue weighted by molar-refractivity contribution is 6.52. The third kappa shape index (κ3) is 2.42. The van der Waals surface area contributed by atoms with Crippen LogP contribution in [0.15, 0.2) is 12.1 Å². The van der Waals surface area contributed by atoms with E-state index in [1.807, 2.05) is 6.92 Å². The molecule has 0 aliphatic carbocycles. The Morgan fingerprint density at radius 3 is 2.55 bits per heavy atom. The molecule has 1 unspecified atom stereocenters. The van der Waals surface area contributed by atoms with E-state index in [-0.39, 0.29) is 6.54 Å². The van der Waals surface area contributed by atoms with Crippen molar-refractivity contribution in [3.8, 4) is 0 Å². The van der Waals surface area contributed by atoms with E-state index in [0.717, 1.165) is 10.5 Å². The van der Waals surface area contributed by atoms with E-state index < -0.39 is 30.2 Å². The molecule has 0 saturated carbocycles. The van der Waals surface area contributed by atoms with E-state index in [9.17, 15) is 19.5 Å². The highest BCUT2D eigenvalue weighted by Crippen LogP contribution is 2.32. The molecule has 1 aliphatic rings. The van der Waals surface area contributed by atoms with E-state index in [0.29, 0.717) is 16.8 Å². The van der Waals surface area contributed by atoms with E-state index in [1.165, 1.54) is 0 Å². The second kappa shape index (κ2) is 5.05. The third-order valence-electron chi connectivity index (χ3n) is 3.22. The van der Waals surface area contributed by atoms with E-state index in [2.05, 4.69) is 0 Å². The number of aliphatic hydroxyl groups excluding tert-OH is 1. The number of carbonyl (C=O) groups is 3. The summed E-state index contributed by atoms with van der Waals surface area (Å²) in [6.45, 7) is 3.38. The minimum atomic E-state index is -1.21. The molecule has 1 aromatic rings. The number of hydrogen-bond acceptors (Lipinski definition) is 4. The first-order valence-electron chi connectivity index (χ1n) is 6.18. The minimum Gasteiger partial charge on any atom is -0.481 e. The topological polar surface area (TPSA) is 94.9 Å². The smallest absolute Gasteiger partial charge is 0.306 e. The molecule has 1 heterocycles. The number of nitrogens with zero attached hydrogens (tertiary/aromatic N) is 1. The fourth-order valence-corrected chi connectivity index (χ4v) is 2.45. The number of carboxylic acid groups (broad SMARTS) is 1. The largest absolute Gasteiger partial charge is 0.481 e. The Morgan fingerprint density at radius 2 is 1.95 bits per heavy atom. The Bertz CT molecular complexity index is 608. The molecule has 0 aromatic heterocycles. The fraction of sp³-hybridized carbons (Fsp3) is 0.357. The molecule has 106 valence electrons. The van der Waals surface area contributed by atoms with Gasteiger partial charge in [0.15, 0.2) is 0 Å². The van der Waals surface area contributed by atoms with E-state index >= 15 is 0 Å². The molecular formula is C14H15NO5. The van der Waals surface area contributed by atoms with Crippen molar-refractivity contribution in [2.24, 2.45) is 0 Å². The number of fused-ring (bicyclic) bond motifs is 1. The molecule has 0 spiro atoms. The maximum atomic E-state index is 12.0. The lowest BCUT2D eigenvalue weighted by Gasteiger charge is -2.20. The van der Waals surface area contributed by atoms with Crippen molar-refractivity contribution in [3.05, 3.63) is 28.8 Å². The van der Waals surface area contributed by atoms with Crippen LogP contribution in [0, 0.1) is 13.8 Å². The van der Waals surface area contributed by atoms with Gasteiger partial charge in [0, 0.05) is 0 Å². The SMILES string of the molecule is Cc1cc(C)c2c(c1)N(CC(O)CC(=O)O)C(=O)C2=O. The molecule has 1 amide bonds. The van der Waals surface area contributed by atoms with Crippen molar-refractivity contribution < 1.29 is 24.6 Å². The standard InChI is InChI=1S/C14H15NO5/c1-7-3-8(2)12-10(4-7)15(14(20)13(12)19)6-9(16)5-11(17)18/h3-4,9,16H,5-6H2,1-2H3,(H,17,18). The predicted molar refractivity (Wildman–Crippen MR) is 70.9 cm³/mol. The zero-order valence-corrected chi connectivity index (χ0v) is 11.2. The summed E-state index contributed by atoms with van der Waals surface area (Å²) >= 11 is 0. The molecule has 0 fully saturated rings. The molecule has 2 rings (SSSR count). The van der Waals surface area contributed by atoms with Crippen molar-refractivity contribution in [2.75, 3.05) is 11.4 Å². The Morgan fingerprint density at radius 1 is 1.30 bits per heavy atom. The predicted octanol–water partition coefficient (Wildman–Crippen LogP) is 0.668. The quantitative estimate of drug-likeness (QED) is 0.789. The Balaban J connectivity index is 2.35. The number of anilines is 1. The lowest BCUT2D eigenvalue weighted by atomic mass is 10.0. The summed E-state index contributed by atoms with van der Waals surface area (Å²) in [5.74, 6) is -2.49. The molecule has 0 radical (unpaired) electrons. The monoisotopic (exact) mass is 277 g/mol. The number of aryl methyl sites for hydroxylation is 2. The zero-order chi connectivity index (χ0) is 15.0. The second-order valence-electron chi connectivity index (χ2n) is 4.97. The number of amides is 1. The van der Waals surface area contributed by atoms with Gasteiger partial charge in [0.1, 0.15) is 0 Å². The van der Waals surface area contributed by atoms with Gasteiger partial charge in [-0.2, -0.15) is 0 Å². The van der Waals surface area contributed by atoms with Crippen LogP contribution in [0.1, 0.15) is 27.9 Å². The molecule has 6 heteroatoms. The minimum absolute atomic E-state index is 0.202. The molecule has 20 heavy (non-hydrogen) atoms. The second-order valence-corrected chi connectivity index (χ2v) is 4.97. The first-order valence-corrected chi connectivity index (χ1v) is 6.18. The van der Waals surface area contributed by atoms with Gasteiger partial charge in [0.2, 0.25) is 0 Å². The maximum Gasteiger partial charge on any atom is 0.306 e. The lowest BCUT2D eigenvalue weighted by molar-refractivity contribution is -0.139. The number of Topliss-reactive ketones (excluding diaryl/α,β-unsaturated/α-hetero) is 1. The van der Waals surface area contributed by atoms with Crippen molar-refractivity contribution in [1.82, 2.24) is 0 Å². The number of ketones is 1. The van der Waals surface area contributed by atoms with Gasteiger partial charge in [-0.25, -0.2) is 0 Å². The number of aliphatic hydroxyl groups is 1. The van der Waals surface area contributed by atoms with Crippen LogP contribution < -0.4 is 4.90 Å². The van der Waals surface area contributed by atoms with Gasteiger partial charge in [0.25, 0.3) is 11.7 Å². The van der Waals surface area contributed by atoms with Gasteiger partial charge < -0.3 is 15.1 Å². The Labute approximate surface area is 115 Å². The van der Waals surface area contributed by atoms with Crippen LogP contribution in [-0.4, -0.2) is 40.5 Å². The van der Waals surface area contributed by atoms with Crippen LogP contribution in [0.25, 0.3) is 0 Å². The van der Waals surface area contributed by atoms with Crippen LogP contribution in [0.5, 0.6) is 0 Å². The number of β-amino-alcohol motifs (C(OH)–C–C–N with tert-alkyl or cyclic N) is 1. The average Bonchev–Trinajstić information content (AvgIpc) is 2.53. The zero-order valence-electron chi connectivity index (χ0n) is 11.2. The van der Waals surface area contributed by atoms with Crippen molar-refractivity contribution >= 4 is 23.3 Å². The van der Waals surface area contributed by atoms with Gasteiger partial charge in [0.05, 0.1) is 30.3 Å². The number of aliphatic carboxylic acids is 1. The van der Waals surface area contributed by atoms with Gasteiger partial charge in [-0.1, -0.05) is 6.07 Å². The first kappa shape index (κ1) is 14.2. The van der Waals surface area contributed by atoms with E-state index in [4.69, 9.17) is 5.11 Å². The molecule has 1 atom stereocenters. The maximum absolute atomic E-state index is 12.0. The third-order valence-corrected chi connectivity index (χ3v) is 3.22. The normalized spacial score (nSPS) is 15.4. The van der Waals surface area contributed by atoms with Gasteiger partial charge in [-0.05, 0) is 31.0 Å². The fourth-order valence-electron chi connectivity index (χ4n) is 2.45. The molecular weight excluding hydrogens is 262 g/mol. The highest BCUT2D eigenvalue weighted by atomic mass is 16.4. The summed E-state index contributed by atoms with van der Waals surface area (Å²) in [5.41, 5.74) is 2.38. The first-order chi connectivity index (χ1) is 9.31. The number of carboxylic acids is 1. The summed E-state index contributed by atoms with van der Waals surface area (Å²) < 4.78 is 0. The number of hydrogen-bond donors (Lipinski definition) is 2.